The molecule has 1 heterocycles. The Bertz CT molecular complexity index is 1840. The number of benzene rings is 3. The summed E-state index contributed by atoms with van der Waals surface area (Å²) in [6, 6.07) is 15.4. The zero-order chi connectivity index (χ0) is 40.1. The number of alkyl carbamates (subject to hydrolysis) is 1. The molecule has 3 amide bonds. The van der Waals surface area contributed by atoms with Crippen molar-refractivity contribution in [2.24, 2.45) is 0 Å². The minimum atomic E-state index is -0.601. The van der Waals surface area contributed by atoms with Crippen molar-refractivity contribution in [1.82, 2.24) is 10.2 Å². The summed E-state index contributed by atoms with van der Waals surface area (Å²) < 4.78 is 22.9. The minimum absolute atomic E-state index is 0.0112. The van der Waals surface area contributed by atoms with Crippen molar-refractivity contribution < 1.29 is 42.9 Å². The van der Waals surface area contributed by atoms with Gasteiger partial charge in [-0.1, -0.05) is 18.2 Å². The molecule has 3 aromatic carbocycles. The number of hydrogen-bond donors (Lipinski definition) is 2. The van der Waals surface area contributed by atoms with Gasteiger partial charge in [-0.25, -0.2) is 4.79 Å². The second kappa shape index (κ2) is 19.7. The van der Waals surface area contributed by atoms with Crippen LogP contribution >= 0.6 is 0 Å². The van der Waals surface area contributed by atoms with Gasteiger partial charge in [0.2, 0.25) is 11.7 Å². The number of anilines is 2. The number of likely N-dealkylation sites (tertiary alicyclic amines) is 1. The van der Waals surface area contributed by atoms with E-state index >= 15 is 0 Å². The van der Waals surface area contributed by atoms with E-state index in [2.05, 4.69) is 5.32 Å². The van der Waals surface area contributed by atoms with Crippen molar-refractivity contribution in [1.29, 1.82) is 0 Å². The molecular formula is C42H54N4O9. The van der Waals surface area contributed by atoms with Crippen molar-refractivity contribution in [2.45, 2.75) is 78.2 Å². The number of unbranched alkanes of at least 4 members (excludes halogenated alkanes) is 2. The summed E-state index contributed by atoms with van der Waals surface area (Å²) in [7, 11) is 3.01. The standard InChI is InChI=1S/C42H54N4O9/c1-28-16-19-33(35(27-28)54-25-11-7-8-15-36(48)46-23-20-29(47)21-24-46)45(5)40(50)31-17-18-32(39(52-6)37(31)43)38(49)30-13-9-10-14-34(30)53-26-12-22-44-41(51)55-42(2,3)4/h9-10,13-14,16-19,27H,7-8,11-12,15,20-26,43H2,1-6H3,(H,44,51). The highest BCUT2D eigenvalue weighted by atomic mass is 16.6. The molecule has 0 bridgehead atoms. The number of para-hydroxylation sites is 1. The maximum Gasteiger partial charge on any atom is 0.407 e. The fraction of sp³-hybridized carbons (Fsp3) is 0.452. The van der Waals surface area contributed by atoms with E-state index in [0.717, 1.165) is 24.8 Å². The van der Waals surface area contributed by atoms with Gasteiger partial charge >= 0.3 is 6.09 Å². The number of nitrogens with two attached hydrogens (primary N) is 1. The largest absolute Gasteiger partial charge is 0.494 e. The molecule has 0 saturated carbocycles. The summed E-state index contributed by atoms with van der Waals surface area (Å²) in [6.07, 6.45) is 3.50. The predicted molar refractivity (Wildman–Crippen MR) is 210 cm³/mol. The number of amides is 3. The van der Waals surface area contributed by atoms with Gasteiger partial charge in [0.25, 0.3) is 5.91 Å². The van der Waals surface area contributed by atoms with Gasteiger partial charge in [0.1, 0.15) is 22.9 Å². The minimum Gasteiger partial charge on any atom is -0.494 e. The Labute approximate surface area is 323 Å². The molecule has 1 saturated heterocycles. The molecule has 0 unspecified atom stereocenters. The second-order valence-electron chi connectivity index (χ2n) is 14.5. The number of rotatable bonds is 17. The number of carbonyl (C=O) groups is 5. The molecule has 0 aliphatic carbocycles. The highest BCUT2D eigenvalue weighted by molar-refractivity contribution is 6.16. The highest BCUT2D eigenvalue weighted by Crippen LogP contribution is 2.36. The van der Waals surface area contributed by atoms with E-state index in [4.69, 9.17) is 24.7 Å². The van der Waals surface area contributed by atoms with Crippen LogP contribution in [0.5, 0.6) is 17.2 Å². The molecule has 0 aromatic heterocycles. The Balaban J connectivity index is 1.38. The molecule has 0 radical (unpaired) electrons. The number of piperidine rings is 1. The molecule has 13 heteroatoms. The molecule has 13 nitrogen and oxygen atoms in total. The molecule has 1 aliphatic rings. The molecule has 0 spiro atoms. The van der Waals surface area contributed by atoms with E-state index in [-0.39, 0.29) is 46.4 Å². The van der Waals surface area contributed by atoms with Gasteiger partial charge in [0.05, 0.1) is 48.4 Å². The number of hydrogen-bond acceptors (Lipinski definition) is 10. The third-order valence-electron chi connectivity index (χ3n) is 9.00. The Morgan fingerprint density at radius 1 is 0.855 bits per heavy atom. The van der Waals surface area contributed by atoms with E-state index in [1.165, 1.54) is 24.1 Å². The van der Waals surface area contributed by atoms with Crippen LogP contribution in [0.1, 0.15) is 97.6 Å². The van der Waals surface area contributed by atoms with Crippen LogP contribution < -0.4 is 30.2 Å². The van der Waals surface area contributed by atoms with Gasteiger partial charge in [-0.3, -0.25) is 19.2 Å². The van der Waals surface area contributed by atoms with E-state index in [1.54, 1.807) is 63.1 Å². The Morgan fingerprint density at radius 2 is 1.53 bits per heavy atom. The maximum absolute atomic E-state index is 13.9. The third-order valence-corrected chi connectivity index (χ3v) is 9.00. The first-order chi connectivity index (χ1) is 26.2. The van der Waals surface area contributed by atoms with E-state index in [0.29, 0.717) is 69.1 Å². The Kier molecular flexibility index (Phi) is 15.1. The van der Waals surface area contributed by atoms with Gasteiger partial charge in [-0.2, -0.15) is 0 Å². The van der Waals surface area contributed by atoms with Gasteiger partial charge in [0.15, 0.2) is 5.75 Å². The molecule has 3 N–H and O–H groups in total. The molecule has 296 valence electrons. The highest BCUT2D eigenvalue weighted by Gasteiger charge is 2.27. The fourth-order valence-electron chi connectivity index (χ4n) is 6.07. The van der Waals surface area contributed by atoms with E-state index in [9.17, 15) is 24.0 Å². The number of ketones is 2. The van der Waals surface area contributed by atoms with Crippen molar-refractivity contribution in [3.05, 3.63) is 76.9 Å². The van der Waals surface area contributed by atoms with Gasteiger partial charge in [-0.05, 0) is 95.3 Å². The smallest absolute Gasteiger partial charge is 0.407 e. The number of aryl methyl sites for hydroxylation is 1. The number of ether oxygens (including phenoxy) is 4. The average Bonchev–Trinajstić information content (AvgIpc) is 3.14. The lowest BCUT2D eigenvalue weighted by molar-refractivity contribution is -0.134. The lowest BCUT2D eigenvalue weighted by Crippen LogP contribution is -2.38. The van der Waals surface area contributed by atoms with Crippen LogP contribution in [0.3, 0.4) is 0 Å². The zero-order valence-corrected chi connectivity index (χ0v) is 32.8. The van der Waals surface area contributed by atoms with Crippen LogP contribution in [0.4, 0.5) is 16.2 Å². The SMILES string of the molecule is COc1c(C(=O)c2ccccc2OCCCNC(=O)OC(C)(C)C)ccc(C(=O)N(C)c2ccc(C)cc2OCCCCCC(=O)N2CCC(=O)CC2)c1N. The Hall–Kier alpha value is -5.59. The van der Waals surface area contributed by atoms with E-state index < -0.39 is 23.4 Å². The summed E-state index contributed by atoms with van der Waals surface area (Å²) >= 11 is 0. The molecule has 1 aliphatic heterocycles. The molecule has 1 fully saturated rings. The van der Waals surface area contributed by atoms with Crippen LogP contribution in [0, 0.1) is 6.92 Å². The third kappa shape index (κ3) is 12.0. The van der Waals surface area contributed by atoms with Gasteiger partial charge < -0.3 is 39.8 Å². The topological polar surface area (TPSA) is 167 Å². The molecule has 3 aromatic rings. The summed E-state index contributed by atoms with van der Waals surface area (Å²) in [5.74, 6) is 0.404. The first-order valence-electron chi connectivity index (χ1n) is 18.7. The zero-order valence-electron chi connectivity index (χ0n) is 32.8. The van der Waals surface area contributed by atoms with E-state index in [1.807, 2.05) is 19.1 Å². The second-order valence-corrected chi connectivity index (χ2v) is 14.5. The van der Waals surface area contributed by atoms with Gasteiger partial charge in [0, 0.05) is 45.9 Å². The fourth-order valence-corrected chi connectivity index (χ4v) is 6.07. The van der Waals surface area contributed by atoms with Crippen molar-refractivity contribution in [3.63, 3.8) is 0 Å². The number of methoxy groups -OCH3 is 1. The van der Waals surface area contributed by atoms with Crippen molar-refractivity contribution in [3.8, 4) is 17.2 Å². The summed E-state index contributed by atoms with van der Waals surface area (Å²) in [4.78, 5) is 66.9. The summed E-state index contributed by atoms with van der Waals surface area (Å²) in [5.41, 5.74) is 8.02. The van der Waals surface area contributed by atoms with Crippen molar-refractivity contribution in [2.75, 3.05) is 57.6 Å². The normalized spacial score (nSPS) is 12.8. The summed E-state index contributed by atoms with van der Waals surface area (Å²) in [5, 5.41) is 2.68. The first-order valence-corrected chi connectivity index (χ1v) is 18.7. The van der Waals surface area contributed by atoms with Crippen LogP contribution in [0.15, 0.2) is 54.6 Å². The number of carbonyl (C=O) groups excluding carboxylic acids is 5. The number of nitrogen functional groups attached to an aromatic ring is 1. The Morgan fingerprint density at radius 3 is 2.24 bits per heavy atom. The summed E-state index contributed by atoms with van der Waals surface area (Å²) in [6.45, 7) is 9.26. The quantitative estimate of drug-likeness (QED) is 0.0880. The van der Waals surface area contributed by atoms with Crippen LogP contribution in [-0.2, 0) is 14.3 Å². The molecular weight excluding hydrogens is 704 g/mol. The number of nitrogens with zero attached hydrogens (tertiary/aromatic N) is 2. The predicted octanol–water partition coefficient (Wildman–Crippen LogP) is 6.52. The number of nitrogens with one attached hydrogen (secondary N) is 1. The monoisotopic (exact) mass is 758 g/mol. The van der Waals surface area contributed by atoms with Gasteiger partial charge in [-0.15, -0.1) is 0 Å². The van der Waals surface area contributed by atoms with Crippen LogP contribution in [0.2, 0.25) is 0 Å². The van der Waals surface area contributed by atoms with Crippen LogP contribution in [-0.4, -0.2) is 87.0 Å². The molecule has 4 rings (SSSR count). The van der Waals surface area contributed by atoms with Crippen molar-refractivity contribution >= 4 is 40.8 Å². The lowest BCUT2D eigenvalue weighted by atomic mass is 9.98. The number of Topliss-reactive ketones (excluding diaryl/α,β-unsaturated/α-hetero) is 1. The molecule has 55 heavy (non-hydrogen) atoms. The first kappa shape index (κ1) is 42.2. The maximum atomic E-state index is 13.9. The molecule has 0 atom stereocenters. The lowest BCUT2D eigenvalue weighted by Gasteiger charge is -2.26. The van der Waals surface area contributed by atoms with Crippen LogP contribution in [0.25, 0.3) is 0 Å². The average molecular weight is 759 g/mol.